The molecule has 0 spiro atoms. The third-order valence-electron chi connectivity index (χ3n) is 3.69. The summed E-state index contributed by atoms with van der Waals surface area (Å²) < 4.78 is 3.43. The van der Waals surface area contributed by atoms with Gasteiger partial charge in [0, 0.05) is 34.9 Å². The number of hydrogen-bond donors (Lipinski definition) is 2. The van der Waals surface area contributed by atoms with Crippen LogP contribution in [0.4, 0.5) is 5.82 Å². The number of aryl methyl sites for hydroxylation is 1. The SMILES string of the molecule is Cn1ncc(Cl)c1CNC(=S)Nc1ccn(Cc2c(Cl)cccc2Cl)n1. The van der Waals surface area contributed by atoms with Gasteiger partial charge in [0.15, 0.2) is 10.9 Å². The molecule has 0 aliphatic heterocycles. The first-order valence-corrected chi connectivity index (χ1v) is 9.16. The normalized spacial score (nSPS) is 10.8. The minimum Gasteiger partial charge on any atom is -0.357 e. The predicted molar refractivity (Wildman–Crippen MR) is 109 cm³/mol. The first kappa shape index (κ1) is 19.0. The summed E-state index contributed by atoms with van der Waals surface area (Å²) in [5.74, 6) is 0.613. The molecule has 3 rings (SSSR count). The smallest absolute Gasteiger partial charge is 0.172 e. The van der Waals surface area contributed by atoms with Crippen LogP contribution in [-0.4, -0.2) is 24.7 Å². The third kappa shape index (κ3) is 4.48. The zero-order valence-corrected chi connectivity index (χ0v) is 16.8. The lowest BCUT2D eigenvalue weighted by molar-refractivity contribution is 0.688. The molecular weight excluding hydrogens is 415 g/mol. The van der Waals surface area contributed by atoms with E-state index in [0.29, 0.717) is 39.1 Å². The molecule has 2 N–H and O–H groups in total. The van der Waals surface area contributed by atoms with Crippen molar-refractivity contribution in [2.24, 2.45) is 7.05 Å². The van der Waals surface area contributed by atoms with Gasteiger partial charge in [0.2, 0.25) is 0 Å². The van der Waals surface area contributed by atoms with E-state index in [-0.39, 0.29) is 0 Å². The fourth-order valence-electron chi connectivity index (χ4n) is 2.32. The summed E-state index contributed by atoms with van der Waals surface area (Å²) in [5, 5.41) is 16.8. The van der Waals surface area contributed by atoms with Gasteiger partial charge in [0.05, 0.1) is 30.0 Å². The van der Waals surface area contributed by atoms with Crippen LogP contribution in [0.5, 0.6) is 0 Å². The van der Waals surface area contributed by atoms with Crippen molar-refractivity contribution in [2.45, 2.75) is 13.1 Å². The minimum absolute atomic E-state index is 0.434. The summed E-state index contributed by atoms with van der Waals surface area (Å²) in [6.07, 6.45) is 3.42. The number of benzene rings is 1. The average Bonchev–Trinajstić information content (AvgIpc) is 3.16. The second kappa shape index (κ2) is 8.26. The molecule has 0 unspecified atom stereocenters. The third-order valence-corrected chi connectivity index (χ3v) is 4.96. The number of aromatic nitrogens is 4. The average molecular weight is 430 g/mol. The van der Waals surface area contributed by atoms with E-state index in [2.05, 4.69) is 20.8 Å². The van der Waals surface area contributed by atoms with Crippen molar-refractivity contribution in [1.29, 1.82) is 0 Å². The summed E-state index contributed by atoms with van der Waals surface area (Å²) in [4.78, 5) is 0. The maximum Gasteiger partial charge on any atom is 0.172 e. The van der Waals surface area contributed by atoms with Gasteiger partial charge >= 0.3 is 0 Å². The molecule has 26 heavy (non-hydrogen) atoms. The van der Waals surface area contributed by atoms with Crippen molar-refractivity contribution >= 4 is 58.0 Å². The lowest BCUT2D eigenvalue weighted by Gasteiger charge is -2.09. The first-order chi connectivity index (χ1) is 12.4. The van der Waals surface area contributed by atoms with E-state index in [1.165, 1.54) is 0 Å². The van der Waals surface area contributed by atoms with E-state index in [1.54, 1.807) is 27.7 Å². The highest BCUT2D eigenvalue weighted by Crippen LogP contribution is 2.25. The minimum atomic E-state index is 0.434. The molecule has 0 aliphatic carbocycles. The van der Waals surface area contributed by atoms with Gasteiger partial charge < -0.3 is 10.6 Å². The molecule has 6 nitrogen and oxygen atoms in total. The summed E-state index contributed by atoms with van der Waals surface area (Å²) >= 11 is 23.8. The molecule has 0 fully saturated rings. The summed E-state index contributed by atoms with van der Waals surface area (Å²) in [6, 6.07) is 7.22. The van der Waals surface area contributed by atoms with Crippen molar-refractivity contribution < 1.29 is 0 Å². The summed E-state index contributed by atoms with van der Waals surface area (Å²) in [5.41, 5.74) is 1.66. The van der Waals surface area contributed by atoms with Crippen LogP contribution in [0.15, 0.2) is 36.7 Å². The zero-order valence-electron chi connectivity index (χ0n) is 13.7. The Labute approximate surface area is 171 Å². The van der Waals surface area contributed by atoms with E-state index in [1.807, 2.05) is 25.4 Å². The molecule has 2 heterocycles. The van der Waals surface area contributed by atoms with Crippen molar-refractivity contribution in [1.82, 2.24) is 24.9 Å². The van der Waals surface area contributed by atoms with E-state index in [0.717, 1.165) is 11.3 Å². The lowest BCUT2D eigenvalue weighted by Crippen LogP contribution is -2.29. The van der Waals surface area contributed by atoms with Gasteiger partial charge in [-0.25, -0.2) is 0 Å². The maximum absolute atomic E-state index is 6.20. The van der Waals surface area contributed by atoms with Gasteiger partial charge in [-0.1, -0.05) is 40.9 Å². The predicted octanol–water partition coefficient (Wildman–Crippen LogP) is 4.11. The zero-order chi connectivity index (χ0) is 18.7. The van der Waals surface area contributed by atoms with E-state index in [4.69, 9.17) is 47.0 Å². The van der Waals surface area contributed by atoms with Crippen molar-refractivity contribution in [3.05, 3.63) is 63.0 Å². The van der Waals surface area contributed by atoms with Gasteiger partial charge in [0.25, 0.3) is 0 Å². The molecule has 10 heteroatoms. The molecule has 136 valence electrons. The first-order valence-electron chi connectivity index (χ1n) is 7.61. The number of anilines is 1. The quantitative estimate of drug-likeness (QED) is 0.598. The molecule has 0 saturated carbocycles. The molecule has 3 aromatic rings. The van der Waals surface area contributed by atoms with Gasteiger partial charge in [0.1, 0.15) is 0 Å². The molecule has 1 aromatic carbocycles. The maximum atomic E-state index is 6.20. The topological polar surface area (TPSA) is 59.7 Å². The van der Waals surface area contributed by atoms with Gasteiger partial charge in [-0.3, -0.25) is 9.36 Å². The standard InChI is InChI=1S/C16H15Cl3N6S/c1-24-14(13(19)7-21-24)8-20-16(26)22-15-5-6-25(23-15)9-10-11(17)3-2-4-12(10)18/h2-7H,8-9H2,1H3,(H2,20,22,23,26). The van der Waals surface area contributed by atoms with Crippen LogP contribution in [0.2, 0.25) is 15.1 Å². The van der Waals surface area contributed by atoms with Crippen LogP contribution in [0.1, 0.15) is 11.3 Å². The molecule has 2 aromatic heterocycles. The van der Waals surface area contributed by atoms with Crippen LogP contribution < -0.4 is 10.6 Å². The van der Waals surface area contributed by atoms with Gasteiger partial charge in [-0.05, 0) is 24.4 Å². The molecular formula is C16H15Cl3N6S. The van der Waals surface area contributed by atoms with Gasteiger partial charge in [-0.15, -0.1) is 0 Å². The Morgan fingerprint density at radius 3 is 2.54 bits per heavy atom. The second-order valence-electron chi connectivity index (χ2n) is 5.47. The number of thiocarbonyl (C=S) groups is 1. The van der Waals surface area contributed by atoms with Crippen LogP contribution in [0.3, 0.4) is 0 Å². The Bertz CT molecular complexity index is 896. The van der Waals surface area contributed by atoms with E-state index < -0.39 is 0 Å². The number of nitrogens with one attached hydrogen (secondary N) is 2. The van der Waals surface area contributed by atoms with E-state index in [9.17, 15) is 0 Å². The molecule has 0 radical (unpaired) electrons. The molecule has 0 aliphatic rings. The second-order valence-corrected chi connectivity index (χ2v) is 7.10. The molecule has 0 amide bonds. The fourth-order valence-corrected chi connectivity index (χ4v) is 3.25. The highest BCUT2D eigenvalue weighted by atomic mass is 35.5. The van der Waals surface area contributed by atoms with Crippen LogP contribution in [0, 0.1) is 0 Å². The van der Waals surface area contributed by atoms with E-state index >= 15 is 0 Å². The van der Waals surface area contributed by atoms with Crippen LogP contribution >= 0.6 is 47.0 Å². The number of halogens is 3. The van der Waals surface area contributed by atoms with Crippen LogP contribution in [-0.2, 0) is 20.1 Å². The molecule has 0 atom stereocenters. The molecule has 0 saturated heterocycles. The number of rotatable bonds is 5. The molecule has 0 bridgehead atoms. The number of nitrogens with zero attached hydrogens (tertiary/aromatic N) is 4. The Kier molecular flexibility index (Phi) is 6.03. The Morgan fingerprint density at radius 1 is 1.15 bits per heavy atom. The van der Waals surface area contributed by atoms with Crippen molar-refractivity contribution in [3.8, 4) is 0 Å². The van der Waals surface area contributed by atoms with Gasteiger partial charge in [-0.2, -0.15) is 10.2 Å². The Hall–Kier alpha value is -1.80. The highest BCUT2D eigenvalue weighted by Gasteiger charge is 2.09. The largest absolute Gasteiger partial charge is 0.357 e. The summed E-state index contributed by atoms with van der Waals surface area (Å²) in [7, 11) is 1.82. The number of hydrogen-bond acceptors (Lipinski definition) is 3. The Balaban J connectivity index is 1.59. The van der Waals surface area contributed by atoms with Crippen molar-refractivity contribution in [2.75, 3.05) is 5.32 Å². The van der Waals surface area contributed by atoms with Crippen molar-refractivity contribution in [3.63, 3.8) is 0 Å². The van der Waals surface area contributed by atoms with Crippen LogP contribution in [0.25, 0.3) is 0 Å². The monoisotopic (exact) mass is 428 g/mol. The fraction of sp³-hybridized carbons (Fsp3) is 0.188. The Morgan fingerprint density at radius 2 is 1.88 bits per heavy atom. The highest BCUT2D eigenvalue weighted by molar-refractivity contribution is 7.80. The lowest BCUT2D eigenvalue weighted by atomic mass is 10.2. The summed E-state index contributed by atoms with van der Waals surface area (Å²) in [6.45, 7) is 0.919.